The van der Waals surface area contributed by atoms with E-state index in [1.807, 2.05) is 6.92 Å². The van der Waals surface area contributed by atoms with Crippen LogP contribution in [0.15, 0.2) is 24.3 Å². The molecule has 1 aliphatic heterocycles. The number of aryl methyl sites for hydroxylation is 1. The van der Waals surface area contributed by atoms with Crippen LogP contribution in [-0.2, 0) is 0 Å². The van der Waals surface area contributed by atoms with Crippen molar-refractivity contribution in [2.75, 3.05) is 6.54 Å². The number of hydrogen-bond acceptors (Lipinski definition) is 2. The molecule has 0 aliphatic carbocycles. The van der Waals surface area contributed by atoms with Crippen molar-refractivity contribution in [1.29, 1.82) is 0 Å². The van der Waals surface area contributed by atoms with Crippen LogP contribution in [0.5, 0.6) is 0 Å². The molecule has 0 amide bonds. The summed E-state index contributed by atoms with van der Waals surface area (Å²) in [6.45, 7) is 3.06. The van der Waals surface area contributed by atoms with Crippen LogP contribution in [0, 0.1) is 12.7 Å². The first kappa shape index (κ1) is 12.4. The first-order valence-corrected chi connectivity index (χ1v) is 6.80. The summed E-state index contributed by atoms with van der Waals surface area (Å²) in [6.07, 6.45) is 3.60. The number of aromatic nitrogens is 2. The quantitative estimate of drug-likeness (QED) is 0.868. The Morgan fingerprint density at radius 3 is 2.68 bits per heavy atom. The fraction of sp³-hybridized carbons (Fsp3) is 0.400. The van der Waals surface area contributed by atoms with Gasteiger partial charge in [0.1, 0.15) is 11.6 Å². The van der Waals surface area contributed by atoms with Crippen molar-refractivity contribution in [2.45, 2.75) is 32.2 Å². The summed E-state index contributed by atoms with van der Waals surface area (Å²) in [5.74, 6) is 0.780. The third kappa shape index (κ3) is 2.54. The second-order valence-electron chi connectivity index (χ2n) is 5.11. The van der Waals surface area contributed by atoms with E-state index in [1.165, 1.54) is 25.0 Å². The number of rotatable bonds is 2. The third-order valence-corrected chi connectivity index (χ3v) is 3.66. The van der Waals surface area contributed by atoms with Crippen molar-refractivity contribution in [2.24, 2.45) is 0 Å². The molecular weight excluding hydrogens is 241 g/mol. The van der Waals surface area contributed by atoms with Crippen LogP contribution in [0.4, 0.5) is 4.39 Å². The fourth-order valence-corrected chi connectivity index (χ4v) is 2.62. The number of piperidine rings is 1. The van der Waals surface area contributed by atoms with Gasteiger partial charge in [0.25, 0.3) is 0 Å². The Balaban J connectivity index is 1.90. The maximum absolute atomic E-state index is 13.0. The van der Waals surface area contributed by atoms with Gasteiger partial charge in [-0.2, -0.15) is 0 Å². The van der Waals surface area contributed by atoms with Crippen LogP contribution in [-0.4, -0.2) is 16.5 Å². The summed E-state index contributed by atoms with van der Waals surface area (Å²) < 4.78 is 13.0. The molecule has 2 N–H and O–H groups in total. The molecule has 1 atom stereocenters. The first-order chi connectivity index (χ1) is 9.24. The van der Waals surface area contributed by atoms with Gasteiger partial charge < -0.3 is 10.3 Å². The highest BCUT2D eigenvalue weighted by atomic mass is 19.1. The third-order valence-electron chi connectivity index (χ3n) is 3.66. The number of nitrogens with one attached hydrogen (secondary N) is 2. The van der Waals surface area contributed by atoms with Gasteiger partial charge >= 0.3 is 0 Å². The minimum absolute atomic E-state index is 0.217. The molecule has 1 unspecified atom stereocenters. The largest absolute Gasteiger partial charge is 0.344 e. The van der Waals surface area contributed by atoms with Gasteiger partial charge in [-0.25, -0.2) is 9.37 Å². The van der Waals surface area contributed by atoms with Crippen LogP contribution in [0.1, 0.15) is 36.8 Å². The monoisotopic (exact) mass is 259 g/mol. The molecule has 3 rings (SSSR count). The predicted molar refractivity (Wildman–Crippen MR) is 73.3 cm³/mol. The highest BCUT2D eigenvalue weighted by Gasteiger charge is 2.19. The predicted octanol–water partition coefficient (Wildman–Crippen LogP) is 3.34. The Kier molecular flexibility index (Phi) is 3.34. The number of imidazole rings is 1. The molecule has 1 fully saturated rings. The van der Waals surface area contributed by atoms with Crippen LogP contribution >= 0.6 is 0 Å². The molecule has 0 bridgehead atoms. The lowest BCUT2D eigenvalue weighted by Gasteiger charge is -2.21. The van der Waals surface area contributed by atoms with Gasteiger partial charge in [-0.05, 0) is 50.6 Å². The highest BCUT2D eigenvalue weighted by Crippen LogP contribution is 2.26. The van der Waals surface area contributed by atoms with Gasteiger partial charge in [-0.3, -0.25) is 0 Å². The topological polar surface area (TPSA) is 40.7 Å². The van der Waals surface area contributed by atoms with Crippen LogP contribution in [0.2, 0.25) is 0 Å². The molecule has 100 valence electrons. The number of nitrogens with zero attached hydrogens (tertiary/aromatic N) is 1. The van der Waals surface area contributed by atoms with Gasteiger partial charge in [-0.1, -0.05) is 6.42 Å². The second-order valence-corrected chi connectivity index (χ2v) is 5.11. The molecule has 0 spiro atoms. The highest BCUT2D eigenvalue weighted by molar-refractivity contribution is 5.61. The molecule has 3 nitrogen and oxygen atoms in total. The molecule has 19 heavy (non-hydrogen) atoms. The smallest absolute Gasteiger partial charge is 0.124 e. The first-order valence-electron chi connectivity index (χ1n) is 6.80. The van der Waals surface area contributed by atoms with Gasteiger partial charge in [0, 0.05) is 11.3 Å². The maximum atomic E-state index is 13.0. The number of aromatic amines is 1. The van der Waals surface area contributed by atoms with E-state index in [2.05, 4.69) is 10.3 Å². The Morgan fingerprint density at radius 1 is 1.21 bits per heavy atom. The van der Waals surface area contributed by atoms with Gasteiger partial charge in [0.05, 0.1) is 11.7 Å². The Bertz CT molecular complexity index is 553. The van der Waals surface area contributed by atoms with E-state index in [9.17, 15) is 4.39 Å². The van der Waals surface area contributed by atoms with E-state index in [0.29, 0.717) is 6.04 Å². The van der Waals surface area contributed by atoms with E-state index in [1.54, 1.807) is 12.1 Å². The minimum atomic E-state index is -0.217. The standard InChI is InChI=1S/C15H18FN3/c1-10-14(11-5-7-12(16)8-6-11)19-15(18-10)13-4-2-3-9-17-13/h5-8,13,17H,2-4,9H2,1H3,(H,18,19). The number of halogens is 1. The summed E-state index contributed by atoms with van der Waals surface area (Å²) in [6, 6.07) is 6.82. The SMILES string of the molecule is Cc1[nH]c(C2CCCCN2)nc1-c1ccc(F)cc1. The molecule has 2 aromatic rings. The van der Waals surface area contributed by atoms with E-state index < -0.39 is 0 Å². The van der Waals surface area contributed by atoms with Crippen molar-refractivity contribution >= 4 is 0 Å². The van der Waals surface area contributed by atoms with Crippen LogP contribution in [0.25, 0.3) is 11.3 Å². The van der Waals surface area contributed by atoms with E-state index in [-0.39, 0.29) is 5.82 Å². The zero-order valence-electron chi connectivity index (χ0n) is 11.0. The lowest BCUT2D eigenvalue weighted by Crippen LogP contribution is -2.27. The summed E-state index contributed by atoms with van der Waals surface area (Å²) in [5.41, 5.74) is 2.91. The second kappa shape index (κ2) is 5.13. The van der Waals surface area contributed by atoms with Crippen molar-refractivity contribution < 1.29 is 4.39 Å². The molecule has 1 aromatic heterocycles. The van der Waals surface area contributed by atoms with Gasteiger partial charge in [0.2, 0.25) is 0 Å². The van der Waals surface area contributed by atoms with Crippen molar-refractivity contribution in [1.82, 2.24) is 15.3 Å². The summed E-state index contributed by atoms with van der Waals surface area (Å²) in [4.78, 5) is 8.05. The molecular formula is C15H18FN3. The molecule has 0 radical (unpaired) electrons. The Labute approximate surface area is 112 Å². The van der Waals surface area contributed by atoms with Crippen molar-refractivity contribution in [3.05, 3.63) is 41.6 Å². The van der Waals surface area contributed by atoms with Crippen LogP contribution < -0.4 is 5.32 Å². The van der Waals surface area contributed by atoms with Gasteiger partial charge in [0.15, 0.2) is 0 Å². The summed E-state index contributed by atoms with van der Waals surface area (Å²) >= 11 is 0. The average Bonchev–Trinajstić information content (AvgIpc) is 2.83. The molecule has 0 saturated carbocycles. The zero-order chi connectivity index (χ0) is 13.2. The van der Waals surface area contributed by atoms with E-state index >= 15 is 0 Å². The minimum Gasteiger partial charge on any atom is -0.344 e. The Morgan fingerprint density at radius 2 is 2.00 bits per heavy atom. The van der Waals surface area contributed by atoms with Crippen molar-refractivity contribution in [3.63, 3.8) is 0 Å². The number of hydrogen-bond donors (Lipinski definition) is 2. The van der Waals surface area contributed by atoms with E-state index in [4.69, 9.17) is 4.98 Å². The molecule has 2 heterocycles. The number of benzene rings is 1. The molecule has 1 aromatic carbocycles. The summed E-state index contributed by atoms with van der Waals surface area (Å²) in [7, 11) is 0. The fourth-order valence-electron chi connectivity index (χ4n) is 2.62. The lowest BCUT2D eigenvalue weighted by atomic mass is 10.0. The molecule has 1 saturated heterocycles. The average molecular weight is 259 g/mol. The lowest BCUT2D eigenvalue weighted by molar-refractivity contribution is 0.399. The molecule has 1 aliphatic rings. The maximum Gasteiger partial charge on any atom is 0.124 e. The number of H-pyrrole nitrogens is 1. The summed E-state index contributed by atoms with van der Waals surface area (Å²) in [5, 5.41) is 3.48. The van der Waals surface area contributed by atoms with Crippen molar-refractivity contribution in [3.8, 4) is 11.3 Å². The zero-order valence-corrected chi connectivity index (χ0v) is 11.0. The molecule has 4 heteroatoms. The Hall–Kier alpha value is -1.68. The van der Waals surface area contributed by atoms with Crippen LogP contribution in [0.3, 0.4) is 0 Å². The normalized spacial score (nSPS) is 19.6. The van der Waals surface area contributed by atoms with Gasteiger partial charge in [-0.15, -0.1) is 0 Å². The van der Waals surface area contributed by atoms with E-state index in [0.717, 1.165) is 35.7 Å².